The summed E-state index contributed by atoms with van der Waals surface area (Å²) in [5.41, 5.74) is 6.89. The number of carbonyl (C=O) groups excluding carboxylic acids is 1. The maximum absolute atomic E-state index is 12.5. The molecule has 1 heterocycles. The third kappa shape index (κ3) is 4.91. The summed E-state index contributed by atoms with van der Waals surface area (Å²) in [6.07, 6.45) is 0. The van der Waals surface area contributed by atoms with Crippen LogP contribution in [0.5, 0.6) is 0 Å². The van der Waals surface area contributed by atoms with Gasteiger partial charge in [-0.2, -0.15) is 0 Å². The number of hydrogen-bond acceptors (Lipinski definition) is 4. The van der Waals surface area contributed by atoms with E-state index in [0.29, 0.717) is 23.8 Å². The monoisotopic (exact) mass is 373 g/mol. The summed E-state index contributed by atoms with van der Waals surface area (Å²) in [4.78, 5) is 18.6. The molecule has 0 aliphatic heterocycles. The first kappa shape index (κ1) is 19.9. The Balaban J connectivity index is 0.00000264. The van der Waals surface area contributed by atoms with E-state index in [4.69, 9.17) is 17.3 Å². The zero-order chi connectivity index (χ0) is 16.3. The summed E-state index contributed by atoms with van der Waals surface area (Å²) < 4.78 is 0. The van der Waals surface area contributed by atoms with Gasteiger partial charge >= 0.3 is 0 Å². The molecule has 0 radical (unpaired) electrons. The number of aromatic nitrogens is 1. The molecule has 1 amide bonds. The fourth-order valence-electron chi connectivity index (χ4n) is 2.10. The molecule has 2 N–H and O–H groups in total. The third-order valence-corrected chi connectivity index (χ3v) is 4.60. The normalized spacial score (nSPS) is 11.0. The number of nitrogens with two attached hydrogens (primary N) is 1. The van der Waals surface area contributed by atoms with E-state index in [-0.39, 0.29) is 23.7 Å². The van der Waals surface area contributed by atoms with Gasteiger partial charge in [0.25, 0.3) is 5.91 Å². The van der Waals surface area contributed by atoms with E-state index in [9.17, 15) is 4.79 Å². The van der Waals surface area contributed by atoms with Gasteiger partial charge in [-0.05, 0) is 18.0 Å². The van der Waals surface area contributed by atoms with Gasteiger partial charge in [-0.1, -0.05) is 43.6 Å². The zero-order valence-corrected chi connectivity index (χ0v) is 15.8. The van der Waals surface area contributed by atoms with Gasteiger partial charge in [0.1, 0.15) is 10.7 Å². The Kier molecular flexibility index (Phi) is 7.02. The Hall–Kier alpha value is -1.14. The van der Waals surface area contributed by atoms with Crippen molar-refractivity contribution in [3.05, 3.63) is 40.4 Å². The van der Waals surface area contributed by atoms with E-state index in [1.165, 1.54) is 11.3 Å². The Morgan fingerprint density at radius 1 is 1.39 bits per heavy atom. The second-order valence-corrected chi connectivity index (χ2v) is 7.31. The van der Waals surface area contributed by atoms with Crippen LogP contribution in [-0.4, -0.2) is 35.9 Å². The van der Waals surface area contributed by atoms with Gasteiger partial charge in [-0.15, -0.1) is 23.7 Å². The molecule has 0 aliphatic carbocycles. The maximum atomic E-state index is 12.5. The Labute approximate surface area is 152 Å². The minimum absolute atomic E-state index is 0. The number of thiazole rings is 1. The quantitative estimate of drug-likeness (QED) is 0.862. The average Bonchev–Trinajstić information content (AvgIpc) is 2.96. The lowest BCUT2D eigenvalue weighted by Crippen LogP contribution is -2.39. The Morgan fingerprint density at radius 3 is 2.65 bits per heavy atom. The van der Waals surface area contributed by atoms with E-state index < -0.39 is 0 Å². The fourth-order valence-corrected chi connectivity index (χ4v) is 3.22. The van der Waals surface area contributed by atoms with Gasteiger partial charge in [0.2, 0.25) is 0 Å². The maximum Gasteiger partial charge on any atom is 0.273 e. The first-order valence-corrected chi connectivity index (χ1v) is 8.26. The highest BCUT2D eigenvalue weighted by atomic mass is 35.5. The van der Waals surface area contributed by atoms with Crippen molar-refractivity contribution < 1.29 is 4.79 Å². The minimum Gasteiger partial charge on any atom is -0.340 e. The number of carbonyl (C=O) groups is 1. The number of halogens is 2. The summed E-state index contributed by atoms with van der Waals surface area (Å²) >= 11 is 7.59. The molecule has 0 unspecified atom stereocenters. The molecule has 1 aromatic heterocycles. The van der Waals surface area contributed by atoms with Crippen molar-refractivity contribution in [3.8, 4) is 10.6 Å². The largest absolute Gasteiger partial charge is 0.340 e. The molecule has 0 fully saturated rings. The molecule has 1 aromatic carbocycles. The third-order valence-electron chi connectivity index (χ3n) is 3.39. The van der Waals surface area contributed by atoms with Crippen molar-refractivity contribution in [1.29, 1.82) is 0 Å². The van der Waals surface area contributed by atoms with Crippen molar-refractivity contribution in [1.82, 2.24) is 9.88 Å². The molecule has 23 heavy (non-hydrogen) atoms. The summed E-state index contributed by atoms with van der Waals surface area (Å²) in [7, 11) is 1.77. The Morgan fingerprint density at radius 2 is 2.04 bits per heavy atom. The van der Waals surface area contributed by atoms with Crippen LogP contribution < -0.4 is 5.73 Å². The molecular weight excluding hydrogens is 353 g/mol. The number of nitrogens with zero attached hydrogens (tertiary/aromatic N) is 2. The molecule has 0 bridgehead atoms. The molecular formula is C16H21Cl2N3OS. The number of benzene rings is 1. The summed E-state index contributed by atoms with van der Waals surface area (Å²) in [5.74, 6) is -0.101. The van der Waals surface area contributed by atoms with E-state index >= 15 is 0 Å². The molecule has 2 rings (SSSR count). The van der Waals surface area contributed by atoms with Gasteiger partial charge < -0.3 is 10.6 Å². The predicted octanol–water partition coefficient (Wildman–Crippen LogP) is 3.94. The second kappa shape index (κ2) is 8.11. The van der Waals surface area contributed by atoms with Gasteiger partial charge in [-0.3, -0.25) is 4.79 Å². The van der Waals surface area contributed by atoms with Crippen LogP contribution in [0, 0.1) is 5.41 Å². The topological polar surface area (TPSA) is 59.2 Å². The van der Waals surface area contributed by atoms with Crippen molar-refractivity contribution in [2.24, 2.45) is 11.1 Å². The molecule has 0 saturated carbocycles. The van der Waals surface area contributed by atoms with Crippen LogP contribution >= 0.6 is 35.3 Å². The molecule has 0 saturated heterocycles. The lowest BCUT2D eigenvalue weighted by Gasteiger charge is -2.28. The average molecular weight is 374 g/mol. The standard InChI is InChI=1S/C16H20ClN3OS.ClH/c1-16(2,9-18)10-20(3)15(21)13-8-22-14(19-13)11-6-4-5-7-12(11)17;/h4-8H,9-10,18H2,1-3H3;1H. The van der Waals surface area contributed by atoms with Crippen molar-refractivity contribution in [2.75, 3.05) is 20.1 Å². The smallest absolute Gasteiger partial charge is 0.273 e. The van der Waals surface area contributed by atoms with E-state index in [1.54, 1.807) is 17.3 Å². The van der Waals surface area contributed by atoms with Crippen LogP contribution in [0.1, 0.15) is 24.3 Å². The van der Waals surface area contributed by atoms with Crippen LogP contribution in [0.2, 0.25) is 5.02 Å². The fraction of sp³-hybridized carbons (Fsp3) is 0.375. The molecule has 126 valence electrons. The number of amides is 1. The molecule has 2 aromatic rings. The van der Waals surface area contributed by atoms with Crippen LogP contribution in [-0.2, 0) is 0 Å². The predicted molar refractivity (Wildman–Crippen MR) is 99.6 cm³/mol. The lowest BCUT2D eigenvalue weighted by molar-refractivity contribution is 0.0735. The van der Waals surface area contributed by atoms with E-state index in [0.717, 1.165) is 10.6 Å². The van der Waals surface area contributed by atoms with Crippen LogP contribution in [0.4, 0.5) is 0 Å². The van der Waals surface area contributed by atoms with Gasteiger partial charge in [-0.25, -0.2) is 4.98 Å². The highest BCUT2D eigenvalue weighted by Crippen LogP contribution is 2.30. The molecule has 4 nitrogen and oxygen atoms in total. The van der Waals surface area contributed by atoms with E-state index in [2.05, 4.69) is 4.98 Å². The van der Waals surface area contributed by atoms with Crippen LogP contribution in [0.15, 0.2) is 29.6 Å². The molecule has 0 aliphatic rings. The minimum atomic E-state index is -0.119. The summed E-state index contributed by atoms with van der Waals surface area (Å²) in [6.45, 7) is 5.17. The van der Waals surface area contributed by atoms with Gasteiger partial charge in [0, 0.05) is 24.5 Å². The SMILES string of the molecule is CN(CC(C)(C)CN)C(=O)c1csc(-c2ccccc2Cl)n1.Cl. The molecule has 0 atom stereocenters. The Bertz CT molecular complexity index is 673. The lowest BCUT2D eigenvalue weighted by atomic mass is 9.93. The van der Waals surface area contributed by atoms with Gasteiger partial charge in [0.15, 0.2) is 0 Å². The molecule has 0 spiro atoms. The number of hydrogen-bond donors (Lipinski definition) is 1. The number of rotatable bonds is 5. The first-order chi connectivity index (χ1) is 10.3. The second-order valence-electron chi connectivity index (χ2n) is 6.05. The zero-order valence-electron chi connectivity index (χ0n) is 13.4. The first-order valence-electron chi connectivity index (χ1n) is 7.00. The van der Waals surface area contributed by atoms with Crippen LogP contribution in [0.25, 0.3) is 10.6 Å². The highest BCUT2D eigenvalue weighted by Gasteiger charge is 2.23. The van der Waals surface area contributed by atoms with Crippen molar-refractivity contribution >= 4 is 41.3 Å². The van der Waals surface area contributed by atoms with Crippen molar-refractivity contribution in [2.45, 2.75) is 13.8 Å². The summed E-state index contributed by atoms with van der Waals surface area (Å²) in [6, 6.07) is 7.49. The van der Waals surface area contributed by atoms with E-state index in [1.807, 2.05) is 38.1 Å². The highest BCUT2D eigenvalue weighted by molar-refractivity contribution is 7.13. The van der Waals surface area contributed by atoms with Gasteiger partial charge in [0.05, 0.1) is 5.02 Å². The van der Waals surface area contributed by atoms with Crippen molar-refractivity contribution in [3.63, 3.8) is 0 Å². The summed E-state index contributed by atoms with van der Waals surface area (Å²) in [5, 5.41) is 3.15. The van der Waals surface area contributed by atoms with Crippen LogP contribution in [0.3, 0.4) is 0 Å². The molecule has 7 heteroatoms.